The number of carbonyl (C=O) groups is 1. The van der Waals surface area contributed by atoms with Crippen molar-refractivity contribution < 1.29 is 4.79 Å². The van der Waals surface area contributed by atoms with Crippen molar-refractivity contribution in [3.63, 3.8) is 0 Å². The fourth-order valence-corrected chi connectivity index (χ4v) is 1.79. The van der Waals surface area contributed by atoms with Gasteiger partial charge in [0.05, 0.1) is 11.9 Å². The van der Waals surface area contributed by atoms with Gasteiger partial charge in [-0.1, -0.05) is 30.3 Å². The van der Waals surface area contributed by atoms with Gasteiger partial charge < -0.3 is 5.73 Å². The summed E-state index contributed by atoms with van der Waals surface area (Å²) >= 11 is 0. The third-order valence-corrected chi connectivity index (χ3v) is 2.62. The van der Waals surface area contributed by atoms with Crippen molar-refractivity contribution in [2.24, 2.45) is 5.73 Å². The lowest BCUT2D eigenvalue weighted by Gasteiger charge is -1.97. The summed E-state index contributed by atoms with van der Waals surface area (Å²) in [6, 6.07) is 11.3. The fourth-order valence-electron chi connectivity index (χ4n) is 1.79. The highest BCUT2D eigenvalue weighted by Gasteiger charge is 2.11. The second kappa shape index (κ2) is 3.96. The molecule has 2 N–H and O–H groups in total. The number of aromatic nitrogens is 3. The average molecular weight is 237 g/mol. The summed E-state index contributed by atoms with van der Waals surface area (Å²) in [5.74, 6) is -0.476. The number of nitrogens with two attached hydrogens (primary N) is 1. The predicted molar refractivity (Wildman–Crippen MR) is 65.8 cm³/mol. The normalized spacial score (nSPS) is 10.7. The molecular formula is C13H9N4O. The first-order chi connectivity index (χ1) is 8.75. The molecule has 5 heteroatoms. The second-order valence-corrected chi connectivity index (χ2v) is 3.79. The number of nitrogens with zero attached hydrogens (tertiary/aromatic N) is 3. The molecule has 0 spiro atoms. The molecule has 3 aromatic rings. The maximum atomic E-state index is 11.3. The van der Waals surface area contributed by atoms with E-state index in [1.54, 1.807) is 16.7 Å². The Morgan fingerprint density at radius 3 is 2.78 bits per heavy atom. The van der Waals surface area contributed by atoms with Gasteiger partial charge >= 0.3 is 0 Å². The van der Waals surface area contributed by atoms with Crippen LogP contribution in [0.15, 0.2) is 42.6 Å². The maximum Gasteiger partial charge on any atom is 0.285 e. The number of rotatable bonds is 2. The zero-order chi connectivity index (χ0) is 12.5. The van der Waals surface area contributed by atoms with Crippen molar-refractivity contribution in [1.29, 1.82) is 0 Å². The molecule has 3 rings (SSSR count). The summed E-state index contributed by atoms with van der Waals surface area (Å²) in [6.07, 6.45) is 4.36. The smallest absolute Gasteiger partial charge is 0.285 e. The van der Waals surface area contributed by atoms with Crippen LogP contribution in [-0.4, -0.2) is 20.3 Å². The number of amides is 1. The Labute approximate surface area is 103 Å². The van der Waals surface area contributed by atoms with Gasteiger partial charge in [0.25, 0.3) is 5.91 Å². The van der Waals surface area contributed by atoms with Crippen LogP contribution in [0.25, 0.3) is 16.9 Å². The molecule has 0 unspecified atom stereocenters. The van der Waals surface area contributed by atoms with Crippen LogP contribution in [0.1, 0.15) is 10.6 Å². The van der Waals surface area contributed by atoms with E-state index in [2.05, 4.69) is 16.2 Å². The molecule has 0 aliphatic heterocycles. The molecule has 1 aromatic carbocycles. The molecule has 1 amide bonds. The molecule has 0 bridgehead atoms. The number of imidazole rings is 1. The lowest BCUT2D eigenvalue weighted by atomic mass is 10.2. The van der Waals surface area contributed by atoms with Gasteiger partial charge in [0.2, 0.25) is 5.82 Å². The summed E-state index contributed by atoms with van der Waals surface area (Å²) in [4.78, 5) is 19.5. The summed E-state index contributed by atoms with van der Waals surface area (Å²) < 4.78 is 1.57. The highest BCUT2D eigenvalue weighted by Crippen LogP contribution is 2.18. The standard InChI is InChI=1S/C13H9N4O/c14-12(18)13-15-7-6-11-16-10(8-17(11)13)9-4-2-1-3-5-9/h1-6,8H,(H2,14,18). The van der Waals surface area contributed by atoms with Crippen LogP contribution >= 0.6 is 0 Å². The number of hydrogen-bond acceptors (Lipinski definition) is 3. The molecule has 5 nitrogen and oxygen atoms in total. The third-order valence-electron chi connectivity index (χ3n) is 2.62. The molecule has 0 saturated heterocycles. The van der Waals surface area contributed by atoms with Gasteiger partial charge in [-0.15, -0.1) is 0 Å². The Hall–Kier alpha value is -2.69. The first-order valence-corrected chi connectivity index (χ1v) is 5.37. The Balaban J connectivity index is 2.23. The minimum Gasteiger partial charge on any atom is -0.363 e. The van der Waals surface area contributed by atoms with Gasteiger partial charge in [-0.2, -0.15) is 0 Å². The lowest BCUT2D eigenvalue weighted by molar-refractivity contribution is 0.0989. The molecule has 0 aliphatic rings. The maximum absolute atomic E-state index is 11.3. The van der Waals surface area contributed by atoms with E-state index in [0.717, 1.165) is 11.3 Å². The monoisotopic (exact) mass is 237 g/mol. The summed E-state index contributed by atoms with van der Waals surface area (Å²) in [7, 11) is 0. The number of benzene rings is 1. The SMILES string of the molecule is NC(=O)c1n[c]cc2nc(-c3ccccc3)cn12. The van der Waals surface area contributed by atoms with Crippen LogP contribution in [-0.2, 0) is 0 Å². The summed E-state index contributed by atoms with van der Waals surface area (Å²) in [5.41, 5.74) is 7.59. The zero-order valence-corrected chi connectivity index (χ0v) is 9.37. The van der Waals surface area contributed by atoms with Gasteiger partial charge in [-0.25, -0.2) is 9.97 Å². The van der Waals surface area contributed by atoms with Crippen molar-refractivity contribution in [2.45, 2.75) is 0 Å². The highest BCUT2D eigenvalue weighted by atomic mass is 16.1. The van der Waals surface area contributed by atoms with E-state index >= 15 is 0 Å². The molecule has 2 heterocycles. The quantitative estimate of drug-likeness (QED) is 0.730. The van der Waals surface area contributed by atoms with Crippen LogP contribution in [0, 0.1) is 6.20 Å². The predicted octanol–water partition coefficient (Wildman–Crippen LogP) is 1.30. The molecular weight excluding hydrogens is 228 g/mol. The number of primary amides is 1. The molecule has 0 atom stereocenters. The number of hydrogen-bond donors (Lipinski definition) is 1. The van der Waals surface area contributed by atoms with Gasteiger partial charge in [-0.3, -0.25) is 9.20 Å². The molecule has 0 fully saturated rings. The number of fused-ring (bicyclic) bond motifs is 1. The Morgan fingerprint density at radius 1 is 1.28 bits per heavy atom. The minimum absolute atomic E-state index is 0.127. The van der Waals surface area contributed by atoms with E-state index in [9.17, 15) is 4.79 Å². The fraction of sp³-hybridized carbons (Fsp3) is 0. The Bertz CT molecular complexity index is 718. The molecule has 18 heavy (non-hydrogen) atoms. The third kappa shape index (κ3) is 1.62. The molecule has 0 saturated carbocycles. The Morgan fingerprint density at radius 2 is 2.06 bits per heavy atom. The van der Waals surface area contributed by atoms with Gasteiger partial charge in [0, 0.05) is 17.8 Å². The molecule has 2 aromatic heterocycles. The number of carbonyl (C=O) groups excluding carboxylic acids is 1. The van der Waals surface area contributed by atoms with Crippen molar-refractivity contribution in [1.82, 2.24) is 14.4 Å². The van der Waals surface area contributed by atoms with Crippen molar-refractivity contribution in [3.8, 4) is 11.3 Å². The summed E-state index contributed by atoms with van der Waals surface area (Å²) in [6.45, 7) is 0. The highest BCUT2D eigenvalue weighted by molar-refractivity contribution is 5.89. The van der Waals surface area contributed by atoms with E-state index in [-0.39, 0.29) is 5.82 Å². The molecule has 0 aliphatic carbocycles. The van der Waals surface area contributed by atoms with E-state index in [1.807, 2.05) is 30.3 Å². The largest absolute Gasteiger partial charge is 0.363 e. The van der Waals surface area contributed by atoms with E-state index in [1.165, 1.54) is 0 Å². The minimum atomic E-state index is -0.603. The van der Waals surface area contributed by atoms with E-state index in [0.29, 0.717) is 5.65 Å². The van der Waals surface area contributed by atoms with Gasteiger partial charge in [-0.05, 0) is 0 Å². The van der Waals surface area contributed by atoms with Crippen molar-refractivity contribution in [3.05, 3.63) is 54.6 Å². The topological polar surface area (TPSA) is 73.3 Å². The van der Waals surface area contributed by atoms with Crippen LogP contribution in [0.5, 0.6) is 0 Å². The molecule has 87 valence electrons. The second-order valence-electron chi connectivity index (χ2n) is 3.79. The van der Waals surface area contributed by atoms with E-state index in [4.69, 9.17) is 5.73 Å². The molecule has 1 radical (unpaired) electrons. The Kier molecular flexibility index (Phi) is 2.30. The first kappa shape index (κ1) is 10.5. The van der Waals surface area contributed by atoms with Gasteiger partial charge in [0.15, 0.2) is 0 Å². The van der Waals surface area contributed by atoms with Crippen LogP contribution in [0.4, 0.5) is 0 Å². The van der Waals surface area contributed by atoms with Gasteiger partial charge in [0.1, 0.15) is 5.65 Å². The zero-order valence-electron chi connectivity index (χ0n) is 9.37. The van der Waals surface area contributed by atoms with Crippen molar-refractivity contribution >= 4 is 11.6 Å². The van der Waals surface area contributed by atoms with Crippen LogP contribution < -0.4 is 5.73 Å². The summed E-state index contributed by atoms with van der Waals surface area (Å²) in [5, 5.41) is 0. The van der Waals surface area contributed by atoms with Crippen LogP contribution in [0.3, 0.4) is 0 Å². The van der Waals surface area contributed by atoms with E-state index < -0.39 is 5.91 Å². The first-order valence-electron chi connectivity index (χ1n) is 5.37. The van der Waals surface area contributed by atoms with Crippen molar-refractivity contribution in [2.75, 3.05) is 0 Å². The average Bonchev–Trinajstić information content (AvgIpc) is 2.83. The van der Waals surface area contributed by atoms with Crippen LogP contribution in [0.2, 0.25) is 0 Å². The lowest BCUT2D eigenvalue weighted by Crippen LogP contribution is -2.17.